The van der Waals surface area contributed by atoms with Crippen LogP contribution in [-0.2, 0) is 4.79 Å². The van der Waals surface area contributed by atoms with Crippen molar-refractivity contribution < 1.29 is 24.5 Å². The number of carbonyl (C=O) groups is 2. The van der Waals surface area contributed by atoms with E-state index in [4.69, 9.17) is 9.84 Å². The van der Waals surface area contributed by atoms with Crippen LogP contribution >= 0.6 is 15.9 Å². The first-order valence-corrected chi connectivity index (χ1v) is 8.19. The number of halogens is 1. The van der Waals surface area contributed by atoms with Crippen LogP contribution < -0.4 is 4.74 Å². The smallest absolute Gasteiger partial charge is 0.335 e. The van der Waals surface area contributed by atoms with Gasteiger partial charge in [-0.15, -0.1) is 0 Å². The van der Waals surface area contributed by atoms with Gasteiger partial charge in [0.25, 0.3) is 0 Å². The number of carboxylic acids is 1. The van der Waals surface area contributed by atoms with E-state index in [0.29, 0.717) is 15.7 Å². The topological polar surface area (TPSA) is 96.2 Å². The summed E-state index contributed by atoms with van der Waals surface area (Å²) in [5.74, 6) is -2.10. The van der Waals surface area contributed by atoms with Gasteiger partial charge in [0.1, 0.15) is 0 Å². The van der Waals surface area contributed by atoms with Crippen molar-refractivity contribution in [2.75, 3.05) is 0 Å². The lowest BCUT2D eigenvalue weighted by molar-refractivity contribution is -0.137. The Kier molecular flexibility index (Phi) is 5.93. The number of hydrogen-bond donors (Lipinski definition) is 2. The predicted octanol–water partition coefficient (Wildman–Crippen LogP) is 4.16. The zero-order valence-electron chi connectivity index (χ0n) is 13.6. The van der Waals surface area contributed by atoms with E-state index in [-0.39, 0.29) is 23.0 Å². The molecule has 7 heteroatoms. The van der Waals surface area contributed by atoms with Gasteiger partial charge in [-0.2, -0.15) is 0 Å². The van der Waals surface area contributed by atoms with E-state index in [1.165, 1.54) is 24.4 Å². The molecular weight excluding hydrogens is 390 g/mol. The van der Waals surface area contributed by atoms with Crippen LogP contribution in [0.3, 0.4) is 0 Å². The molecule has 0 unspecified atom stereocenters. The summed E-state index contributed by atoms with van der Waals surface area (Å²) in [5, 5.41) is 19.1. The molecule has 2 N–H and O–H groups in total. The molecule has 0 heterocycles. The molecule has 0 atom stereocenters. The molecule has 2 aromatic carbocycles. The monoisotopic (exact) mass is 405 g/mol. The zero-order chi connectivity index (χ0) is 18.6. The second-order valence-electron chi connectivity index (χ2n) is 5.53. The Morgan fingerprint density at radius 3 is 2.60 bits per heavy atom. The van der Waals surface area contributed by atoms with Crippen LogP contribution in [0.2, 0.25) is 0 Å². The Morgan fingerprint density at radius 2 is 1.96 bits per heavy atom. The third-order valence-electron chi connectivity index (χ3n) is 3.18. The van der Waals surface area contributed by atoms with E-state index in [9.17, 15) is 14.7 Å². The highest BCUT2D eigenvalue weighted by Crippen LogP contribution is 2.34. The Bertz CT molecular complexity index is 845. The van der Waals surface area contributed by atoms with E-state index in [0.717, 1.165) is 0 Å². The first-order chi connectivity index (χ1) is 11.8. The molecule has 0 aromatic heterocycles. The van der Waals surface area contributed by atoms with Crippen molar-refractivity contribution in [1.29, 1.82) is 0 Å². The van der Waals surface area contributed by atoms with Crippen LogP contribution in [0.15, 0.2) is 45.9 Å². The number of phenols is 1. The maximum Gasteiger partial charge on any atom is 0.335 e. The minimum atomic E-state index is -1.05. The lowest BCUT2D eigenvalue weighted by atomic mass is 10.2. The van der Waals surface area contributed by atoms with Gasteiger partial charge >= 0.3 is 11.9 Å². The summed E-state index contributed by atoms with van der Waals surface area (Å²) in [6.07, 6.45) is 1.40. The first-order valence-electron chi connectivity index (χ1n) is 7.39. The molecule has 0 radical (unpaired) electrons. The van der Waals surface area contributed by atoms with Gasteiger partial charge in [-0.05, 0) is 30.3 Å². The van der Waals surface area contributed by atoms with Crippen molar-refractivity contribution in [3.63, 3.8) is 0 Å². The van der Waals surface area contributed by atoms with Crippen LogP contribution in [0.1, 0.15) is 29.8 Å². The molecule has 25 heavy (non-hydrogen) atoms. The molecule has 0 aliphatic carbocycles. The van der Waals surface area contributed by atoms with Crippen molar-refractivity contribution in [2.45, 2.75) is 13.8 Å². The van der Waals surface area contributed by atoms with Crippen molar-refractivity contribution in [3.8, 4) is 11.5 Å². The Labute approximate surface area is 152 Å². The van der Waals surface area contributed by atoms with Gasteiger partial charge in [0.05, 0.1) is 17.2 Å². The Morgan fingerprint density at radius 1 is 1.24 bits per heavy atom. The largest absolute Gasteiger partial charge is 0.504 e. The summed E-state index contributed by atoms with van der Waals surface area (Å²) in [4.78, 5) is 27.1. The minimum absolute atomic E-state index is 0.0000363. The number of carboxylic acid groups (broad SMARTS) is 1. The van der Waals surface area contributed by atoms with Gasteiger partial charge in [0.15, 0.2) is 11.5 Å². The summed E-state index contributed by atoms with van der Waals surface area (Å²) < 4.78 is 5.83. The number of benzene rings is 2. The Balaban J connectivity index is 2.39. The molecule has 0 aliphatic rings. The van der Waals surface area contributed by atoms with E-state index >= 15 is 0 Å². The fraction of sp³-hybridized carbons (Fsp3) is 0.167. The van der Waals surface area contributed by atoms with Crippen molar-refractivity contribution in [3.05, 3.63) is 52.0 Å². The van der Waals surface area contributed by atoms with Gasteiger partial charge in [-0.3, -0.25) is 9.79 Å². The lowest BCUT2D eigenvalue weighted by Gasteiger charge is -2.11. The summed E-state index contributed by atoms with van der Waals surface area (Å²) in [5.41, 5.74) is 0.903. The number of hydrogen-bond acceptors (Lipinski definition) is 5. The summed E-state index contributed by atoms with van der Waals surface area (Å²) in [6, 6.07) is 9.13. The number of carbonyl (C=O) groups excluding carboxylic acids is 1. The maximum atomic E-state index is 11.8. The molecule has 0 saturated carbocycles. The highest BCUT2D eigenvalue weighted by atomic mass is 79.9. The second-order valence-corrected chi connectivity index (χ2v) is 6.45. The average molecular weight is 406 g/mol. The molecule has 6 nitrogen and oxygen atoms in total. The van der Waals surface area contributed by atoms with E-state index in [1.54, 1.807) is 32.0 Å². The van der Waals surface area contributed by atoms with Crippen LogP contribution in [0.4, 0.5) is 5.69 Å². The quantitative estimate of drug-likeness (QED) is 0.442. The SMILES string of the molecule is CC(C)C(=O)Oc1c(O)cc(Br)cc1C=Nc1cccc(C(=O)O)c1. The fourth-order valence-corrected chi connectivity index (χ4v) is 2.35. The number of aliphatic imine (C=N–C) groups is 1. The molecule has 0 aliphatic heterocycles. The summed E-state index contributed by atoms with van der Waals surface area (Å²) >= 11 is 3.26. The second kappa shape index (κ2) is 7.94. The highest BCUT2D eigenvalue weighted by molar-refractivity contribution is 9.10. The zero-order valence-corrected chi connectivity index (χ0v) is 15.1. The minimum Gasteiger partial charge on any atom is -0.504 e. The van der Waals surface area contributed by atoms with Gasteiger partial charge in [0, 0.05) is 16.3 Å². The molecule has 0 fully saturated rings. The van der Waals surface area contributed by atoms with Crippen LogP contribution in [0, 0.1) is 5.92 Å². The van der Waals surface area contributed by atoms with E-state index in [2.05, 4.69) is 20.9 Å². The highest BCUT2D eigenvalue weighted by Gasteiger charge is 2.16. The number of rotatable bonds is 5. The Hall–Kier alpha value is -2.67. The number of ether oxygens (including phenoxy) is 1. The molecule has 0 bridgehead atoms. The van der Waals surface area contributed by atoms with E-state index in [1.807, 2.05) is 0 Å². The van der Waals surface area contributed by atoms with Crippen LogP contribution in [0.25, 0.3) is 0 Å². The molecule has 130 valence electrons. The van der Waals surface area contributed by atoms with Crippen molar-refractivity contribution in [1.82, 2.24) is 0 Å². The van der Waals surface area contributed by atoms with Crippen molar-refractivity contribution in [2.24, 2.45) is 10.9 Å². The van der Waals surface area contributed by atoms with Gasteiger partial charge in [0.2, 0.25) is 0 Å². The summed E-state index contributed by atoms with van der Waals surface area (Å²) in [6.45, 7) is 3.37. The van der Waals surface area contributed by atoms with Crippen LogP contribution in [-0.4, -0.2) is 28.4 Å². The molecule has 2 rings (SSSR count). The molecule has 0 amide bonds. The molecule has 0 saturated heterocycles. The molecular formula is C18H16BrNO5. The maximum absolute atomic E-state index is 11.8. The number of esters is 1. The molecule has 2 aromatic rings. The average Bonchev–Trinajstić information content (AvgIpc) is 2.55. The molecule has 0 spiro atoms. The standard InChI is InChI=1S/C18H16BrNO5/c1-10(2)18(24)25-16-12(6-13(19)8-15(16)21)9-20-14-5-3-4-11(7-14)17(22)23/h3-10,21H,1-2H3,(H,22,23). The van der Waals surface area contributed by atoms with Crippen molar-refractivity contribution >= 4 is 39.8 Å². The lowest BCUT2D eigenvalue weighted by Crippen LogP contribution is -2.15. The number of aromatic hydroxyl groups is 1. The fourth-order valence-electron chi connectivity index (χ4n) is 1.89. The number of aromatic carboxylic acids is 1. The third-order valence-corrected chi connectivity index (χ3v) is 3.64. The summed E-state index contributed by atoms with van der Waals surface area (Å²) in [7, 11) is 0. The van der Waals surface area contributed by atoms with Gasteiger partial charge < -0.3 is 14.9 Å². The number of nitrogens with zero attached hydrogens (tertiary/aromatic N) is 1. The van der Waals surface area contributed by atoms with Gasteiger partial charge in [-0.25, -0.2) is 4.79 Å². The van der Waals surface area contributed by atoms with Crippen LogP contribution in [0.5, 0.6) is 11.5 Å². The first kappa shape index (κ1) is 18.7. The predicted molar refractivity (Wildman–Crippen MR) is 96.9 cm³/mol. The number of phenolic OH excluding ortho intramolecular Hbond substituents is 1. The van der Waals surface area contributed by atoms with E-state index < -0.39 is 11.9 Å². The normalized spacial score (nSPS) is 11.0. The third kappa shape index (κ3) is 4.90. The van der Waals surface area contributed by atoms with Gasteiger partial charge in [-0.1, -0.05) is 35.8 Å².